The first-order valence-electron chi connectivity index (χ1n) is 27.0. The molecule has 0 aromatic heterocycles. The van der Waals surface area contributed by atoms with Crippen molar-refractivity contribution in [3.63, 3.8) is 0 Å². The number of carboxylic acid groups (broad SMARTS) is 3. The van der Waals surface area contributed by atoms with Gasteiger partial charge in [0.25, 0.3) is 0 Å². The number of amides is 6. The fraction of sp³-hybridized carbons (Fsp3) is 0.804. The van der Waals surface area contributed by atoms with Crippen molar-refractivity contribution in [2.75, 3.05) is 79.1 Å². The molecule has 11 N–H and O–H groups in total. The topological polar surface area (TPSA) is 385 Å². The van der Waals surface area contributed by atoms with Gasteiger partial charge in [-0.2, -0.15) is 0 Å². The van der Waals surface area contributed by atoms with Gasteiger partial charge in [-0.3, -0.25) is 35.1 Å². The van der Waals surface area contributed by atoms with E-state index in [1.165, 1.54) is 57.8 Å². The number of aliphatic carboxylic acids is 3. The third-order valence-electron chi connectivity index (χ3n) is 11.7. The van der Waals surface area contributed by atoms with Crippen LogP contribution in [0.2, 0.25) is 0 Å². The van der Waals surface area contributed by atoms with Crippen LogP contribution in [0.3, 0.4) is 0 Å². The van der Waals surface area contributed by atoms with Gasteiger partial charge in [-0.25, -0.2) is 20.4 Å². The first kappa shape index (κ1) is 78.2. The second kappa shape index (κ2) is 54.9. The Balaban J connectivity index is -0.00000937. The number of hydrogen-bond donors (Lipinski definition) is 10. The maximum absolute atomic E-state index is 12.4. The van der Waals surface area contributed by atoms with Crippen molar-refractivity contribution in [2.24, 2.45) is 0 Å². The van der Waals surface area contributed by atoms with Gasteiger partial charge >= 0.3 is 17.9 Å². The van der Waals surface area contributed by atoms with E-state index in [0.29, 0.717) is 25.7 Å². The molecule has 0 spiro atoms. The molecule has 27 heteroatoms. The van der Waals surface area contributed by atoms with Gasteiger partial charge in [-0.15, -0.1) is 0 Å². The van der Waals surface area contributed by atoms with Gasteiger partial charge in [-0.05, 0) is 38.5 Å². The van der Waals surface area contributed by atoms with Crippen LogP contribution >= 0.6 is 0 Å². The minimum atomic E-state index is -1.48. The maximum atomic E-state index is 12.4. The predicted molar refractivity (Wildman–Crippen MR) is 279 cm³/mol. The SMILES string of the molecule is [HH].[NH-]C([C-]=O)CCCCNC(=O)CCC(NC(=O)CC[C@H](NC(=O)COCCOCCNC(=O)COCCOCCNC(=O)CCC(NC(=O)CCCCCCCCCCCCCCCCCO)C(=O)O)C(=O)O)C(=O)O.[V].[W]. The van der Waals surface area contributed by atoms with Crippen LogP contribution in [0.4, 0.5) is 0 Å². The molecule has 0 aliphatic carbocycles. The van der Waals surface area contributed by atoms with Crippen LogP contribution in [0.15, 0.2) is 0 Å². The molecule has 6 amide bonds. The van der Waals surface area contributed by atoms with Crippen LogP contribution in [0.25, 0.3) is 5.73 Å². The number of ether oxygens (including phenoxy) is 4. The number of unbranched alkanes of at least 4 members (excludes halogenated alkanes) is 15. The van der Waals surface area contributed by atoms with E-state index in [0.717, 1.165) is 32.1 Å². The van der Waals surface area contributed by atoms with Gasteiger partial charge in [0.15, 0.2) is 0 Å². The monoisotopic (exact) mass is 1320 g/mol. The van der Waals surface area contributed by atoms with Gasteiger partial charge < -0.3 is 81.8 Å². The van der Waals surface area contributed by atoms with Crippen LogP contribution < -0.4 is 31.9 Å². The van der Waals surface area contributed by atoms with E-state index in [2.05, 4.69) is 31.9 Å². The number of rotatable bonds is 54. The maximum Gasteiger partial charge on any atom is 0.326 e. The van der Waals surface area contributed by atoms with E-state index in [4.69, 9.17) is 29.8 Å². The molecular formula is C51H91N7O18VW-2. The Labute approximate surface area is 487 Å². The zero-order valence-electron chi connectivity index (χ0n) is 45.3. The largest absolute Gasteiger partial charge is 0.698 e. The Morgan fingerprint density at radius 3 is 1.18 bits per heavy atom. The van der Waals surface area contributed by atoms with E-state index in [-0.39, 0.29) is 164 Å². The molecule has 1 radical (unpaired) electrons. The van der Waals surface area contributed by atoms with Gasteiger partial charge in [0.2, 0.25) is 35.4 Å². The smallest absolute Gasteiger partial charge is 0.326 e. The third kappa shape index (κ3) is 50.2. The Morgan fingerprint density at radius 2 is 0.756 bits per heavy atom. The summed E-state index contributed by atoms with van der Waals surface area (Å²) < 4.78 is 21.2. The molecule has 25 nitrogen and oxygen atoms in total. The summed E-state index contributed by atoms with van der Waals surface area (Å²) in [5.74, 6) is -7.23. The average molecular weight is 1330 g/mol. The first-order chi connectivity index (χ1) is 36.6. The van der Waals surface area contributed by atoms with Crippen LogP contribution in [-0.2, 0) is 107 Å². The molecule has 0 fully saturated rings. The molecule has 78 heavy (non-hydrogen) atoms. The molecule has 0 saturated heterocycles. The Kier molecular flexibility index (Phi) is 55.0. The van der Waals surface area contributed by atoms with E-state index in [1.54, 1.807) is 6.29 Å². The van der Waals surface area contributed by atoms with Gasteiger partial charge in [-0.1, -0.05) is 96.3 Å². The molecule has 0 saturated carbocycles. The molecule has 3 unspecified atom stereocenters. The van der Waals surface area contributed by atoms with Crippen molar-refractivity contribution in [1.29, 1.82) is 0 Å². The zero-order valence-corrected chi connectivity index (χ0v) is 49.7. The van der Waals surface area contributed by atoms with E-state index in [9.17, 15) is 63.3 Å². The molecule has 0 heterocycles. The van der Waals surface area contributed by atoms with Crippen LogP contribution in [0.1, 0.15) is 162 Å². The Morgan fingerprint density at radius 1 is 0.410 bits per heavy atom. The summed E-state index contributed by atoms with van der Waals surface area (Å²) in [7, 11) is 0. The van der Waals surface area contributed by atoms with E-state index < -0.39 is 78.7 Å². The van der Waals surface area contributed by atoms with Gasteiger partial charge in [0.05, 0.1) is 39.6 Å². The number of hydrogen-bond acceptors (Lipinski definition) is 15. The van der Waals surface area contributed by atoms with Crippen molar-refractivity contribution in [2.45, 2.75) is 185 Å². The summed E-state index contributed by atoms with van der Waals surface area (Å²) in [6.07, 6.45) is 18.7. The molecule has 0 aromatic carbocycles. The summed E-state index contributed by atoms with van der Waals surface area (Å²) in [5.41, 5.74) is 7.30. The van der Waals surface area contributed by atoms with E-state index >= 15 is 0 Å². The fourth-order valence-electron chi connectivity index (χ4n) is 7.35. The van der Waals surface area contributed by atoms with Crippen LogP contribution in [0, 0.1) is 0 Å². The third-order valence-corrected chi connectivity index (χ3v) is 11.7. The fourth-order valence-corrected chi connectivity index (χ4v) is 7.35. The van der Waals surface area contributed by atoms with Gasteiger partial charge in [0.1, 0.15) is 31.3 Å². The number of aliphatic hydroxyl groups is 1. The van der Waals surface area contributed by atoms with Crippen molar-refractivity contribution in [3.05, 3.63) is 5.73 Å². The number of carbonyl (C=O) groups excluding carboxylic acids is 7. The number of aliphatic hydroxyl groups excluding tert-OH is 1. The molecule has 0 rings (SSSR count). The number of nitrogens with one attached hydrogen (secondary N) is 7. The second-order valence-electron chi connectivity index (χ2n) is 18.3. The summed E-state index contributed by atoms with van der Waals surface area (Å²) in [6, 6.07) is -5.01. The number of carboxylic acids is 3. The number of carbonyl (C=O) groups is 9. The minimum Gasteiger partial charge on any atom is -0.698 e. The molecule has 0 aliphatic rings. The zero-order chi connectivity index (χ0) is 56.4. The molecule has 451 valence electrons. The standard InChI is InChI=1S/C51H89N7O18.V.W.H2/c52-39(36-60)18-15-16-26-53-43(61)23-20-41(50(69)70)57-46(64)25-22-42(51(71)72)58-48(66)38-76-35-33-74-31-28-55-47(65)37-75-34-32-73-30-27-54-44(62)24-21-40(49(67)68)56-45(63)19-14-12-10-8-6-4-2-1-3-5-7-9-11-13-17-29-59;;;/h39-42,52,59H,1-35,37-38H2,(H,53,61)(H,54,62)(H,55,65)(H,56,63)(H,57,64)(H,58,66)(H,67,68)(H,69,70)(H,71,72);;;1H/q-2;;;/t39?,40?,41?,42-;;;/m0.../s1. The van der Waals surface area contributed by atoms with Crippen LogP contribution in [0.5, 0.6) is 0 Å². The van der Waals surface area contributed by atoms with Gasteiger partial charge in [0, 0.05) is 93.0 Å². The Hall–Kier alpha value is -4.07. The first-order valence-corrected chi connectivity index (χ1v) is 27.0. The van der Waals surface area contributed by atoms with Crippen molar-refractivity contribution >= 4 is 59.6 Å². The summed E-state index contributed by atoms with van der Waals surface area (Å²) in [4.78, 5) is 119. The van der Waals surface area contributed by atoms with Crippen molar-refractivity contribution < 1.29 is 128 Å². The molecular weight excluding hydrogens is 1230 g/mol. The Bertz CT molecular complexity index is 1670. The average Bonchev–Trinajstić information content (AvgIpc) is 3.38. The summed E-state index contributed by atoms with van der Waals surface area (Å²) in [5, 5.41) is 52.1. The minimum absolute atomic E-state index is 0. The summed E-state index contributed by atoms with van der Waals surface area (Å²) in [6.45, 7) is 0.576. The predicted octanol–water partition coefficient (Wildman–Crippen LogP) is 2.63. The summed E-state index contributed by atoms with van der Waals surface area (Å²) >= 11 is 0. The molecule has 0 bridgehead atoms. The molecule has 0 aromatic rings. The second-order valence-corrected chi connectivity index (χ2v) is 18.3. The van der Waals surface area contributed by atoms with Crippen LogP contribution in [-0.4, -0.2) is 183 Å². The normalized spacial score (nSPS) is 12.3. The van der Waals surface area contributed by atoms with Crippen molar-refractivity contribution in [1.82, 2.24) is 31.9 Å². The molecule has 4 atom stereocenters. The quantitative estimate of drug-likeness (QED) is 0.0309. The van der Waals surface area contributed by atoms with E-state index in [1.807, 2.05) is 0 Å². The molecule has 0 aliphatic heterocycles. The van der Waals surface area contributed by atoms with Crippen molar-refractivity contribution in [3.8, 4) is 0 Å².